The van der Waals surface area contributed by atoms with E-state index in [9.17, 15) is 4.39 Å². The van der Waals surface area contributed by atoms with Gasteiger partial charge in [0.1, 0.15) is 5.82 Å². The van der Waals surface area contributed by atoms with Gasteiger partial charge in [0.25, 0.3) is 0 Å². The Morgan fingerprint density at radius 3 is 2.88 bits per heavy atom. The van der Waals surface area contributed by atoms with Crippen LogP contribution in [0.15, 0.2) is 18.3 Å². The van der Waals surface area contributed by atoms with E-state index in [-0.39, 0.29) is 11.4 Å². The van der Waals surface area contributed by atoms with Crippen molar-refractivity contribution in [2.24, 2.45) is 0 Å². The molecule has 3 heterocycles. The largest absolute Gasteiger partial charge is 0.294 e. The van der Waals surface area contributed by atoms with Crippen LogP contribution in [0.1, 0.15) is 25.6 Å². The van der Waals surface area contributed by atoms with Gasteiger partial charge in [0.15, 0.2) is 11.5 Å². The molecule has 0 spiro atoms. The summed E-state index contributed by atoms with van der Waals surface area (Å²) in [5.74, 6) is 0.565. The monoisotopic (exact) mass is 234 g/mol. The Bertz CT molecular complexity index is 565. The molecule has 4 nitrogen and oxygen atoms in total. The maximum atomic E-state index is 13.3. The first-order valence-electron chi connectivity index (χ1n) is 5.83. The molecule has 1 atom stereocenters. The molecule has 5 heteroatoms. The molecule has 0 bridgehead atoms. The van der Waals surface area contributed by atoms with Crippen molar-refractivity contribution in [3.63, 3.8) is 0 Å². The Hall–Kier alpha value is -1.49. The minimum Gasteiger partial charge on any atom is -0.294 e. The second-order valence-electron chi connectivity index (χ2n) is 4.90. The highest BCUT2D eigenvalue weighted by atomic mass is 19.1. The molecule has 2 aromatic rings. The average molecular weight is 234 g/mol. The van der Waals surface area contributed by atoms with Crippen LogP contribution < -0.4 is 0 Å². The van der Waals surface area contributed by atoms with Gasteiger partial charge < -0.3 is 0 Å². The van der Waals surface area contributed by atoms with E-state index in [4.69, 9.17) is 0 Å². The summed E-state index contributed by atoms with van der Waals surface area (Å²) in [6, 6.07) is 3.07. The zero-order valence-electron chi connectivity index (χ0n) is 10.0. The average Bonchev–Trinajstić information content (AvgIpc) is 2.84. The van der Waals surface area contributed by atoms with Crippen LogP contribution in [0.2, 0.25) is 0 Å². The molecule has 1 unspecified atom stereocenters. The number of rotatable bonds is 1. The lowest BCUT2D eigenvalue weighted by molar-refractivity contribution is 0.184. The molecular formula is C12H15FN4. The van der Waals surface area contributed by atoms with Gasteiger partial charge in [0.05, 0.1) is 5.54 Å². The van der Waals surface area contributed by atoms with Gasteiger partial charge in [-0.15, -0.1) is 10.2 Å². The maximum absolute atomic E-state index is 13.3. The fraction of sp³-hybridized carbons (Fsp3) is 0.500. The van der Waals surface area contributed by atoms with E-state index in [0.717, 1.165) is 25.2 Å². The lowest BCUT2D eigenvalue weighted by Crippen LogP contribution is -2.37. The third-order valence-corrected chi connectivity index (χ3v) is 3.85. The lowest BCUT2D eigenvalue weighted by Gasteiger charge is -2.30. The Balaban J connectivity index is 2.20. The van der Waals surface area contributed by atoms with Crippen molar-refractivity contribution in [1.29, 1.82) is 0 Å². The summed E-state index contributed by atoms with van der Waals surface area (Å²) in [5, 5.41) is 8.35. The maximum Gasteiger partial charge on any atom is 0.161 e. The van der Waals surface area contributed by atoms with Gasteiger partial charge in [-0.2, -0.15) is 0 Å². The third kappa shape index (κ3) is 1.45. The van der Waals surface area contributed by atoms with E-state index in [1.165, 1.54) is 12.3 Å². The van der Waals surface area contributed by atoms with E-state index >= 15 is 0 Å². The van der Waals surface area contributed by atoms with Gasteiger partial charge >= 0.3 is 0 Å². The van der Waals surface area contributed by atoms with E-state index in [2.05, 4.69) is 29.1 Å². The number of hydrogen-bond acceptors (Lipinski definition) is 3. The first-order chi connectivity index (χ1) is 8.11. The fourth-order valence-electron chi connectivity index (χ4n) is 2.61. The van der Waals surface area contributed by atoms with Crippen molar-refractivity contribution >= 4 is 5.65 Å². The number of halogens is 1. The molecule has 0 aliphatic carbocycles. The van der Waals surface area contributed by atoms with Crippen LogP contribution in [0.25, 0.3) is 5.65 Å². The van der Waals surface area contributed by atoms with Gasteiger partial charge in [-0.1, -0.05) is 0 Å². The molecule has 0 saturated carbocycles. The van der Waals surface area contributed by atoms with Crippen molar-refractivity contribution in [3.05, 3.63) is 30.0 Å². The third-order valence-electron chi connectivity index (χ3n) is 3.85. The number of pyridine rings is 1. The molecule has 90 valence electrons. The molecule has 2 aromatic heterocycles. The van der Waals surface area contributed by atoms with E-state index in [1.54, 1.807) is 10.5 Å². The number of nitrogens with zero attached hydrogens (tertiary/aromatic N) is 4. The molecule has 0 aromatic carbocycles. The van der Waals surface area contributed by atoms with Gasteiger partial charge in [-0.05, 0) is 45.5 Å². The SMILES string of the molecule is CN1CCCC1(C)c1nnc2ccc(F)cn12. The first kappa shape index (κ1) is 10.7. The van der Waals surface area contributed by atoms with Crippen LogP contribution in [0.5, 0.6) is 0 Å². The summed E-state index contributed by atoms with van der Waals surface area (Å²) in [7, 11) is 2.08. The summed E-state index contributed by atoms with van der Waals surface area (Å²) in [4.78, 5) is 2.26. The first-order valence-corrected chi connectivity index (χ1v) is 5.83. The minimum absolute atomic E-state index is 0.146. The molecule has 1 fully saturated rings. The summed E-state index contributed by atoms with van der Waals surface area (Å²) < 4.78 is 15.1. The molecule has 17 heavy (non-hydrogen) atoms. The molecule has 1 aliphatic heterocycles. The van der Waals surface area contributed by atoms with Gasteiger partial charge in [-0.25, -0.2) is 4.39 Å². The van der Waals surface area contributed by atoms with Crippen molar-refractivity contribution in [2.75, 3.05) is 13.6 Å². The summed E-state index contributed by atoms with van der Waals surface area (Å²) >= 11 is 0. The van der Waals surface area contributed by atoms with Crippen LogP contribution in [0.3, 0.4) is 0 Å². The van der Waals surface area contributed by atoms with E-state index in [0.29, 0.717) is 5.65 Å². The fourth-order valence-corrected chi connectivity index (χ4v) is 2.61. The molecular weight excluding hydrogens is 219 g/mol. The highest BCUT2D eigenvalue weighted by molar-refractivity contribution is 5.38. The van der Waals surface area contributed by atoms with Crippen LogP contribution in [0, 0.1) is 5.82 Å². The number of aromatic nitrogens is 3. The number of fused-ring (bicyclic) bond motifs is 1. The zero-order chi connectivity index (χ0) is 12.0. The zero-order valence-corrected chi connectivity index (χ0v) is 10.0. The molecule has 3 rings (SSSR count). The predicted octanol–water partition coefficient (Wildman–Crippen LogP) is 1.81. The molecule has 0 amide bonds. The smallest absolute Gasteiger partial charge is 0.161 e. The molecule has 1 saturated heterocycles. The van der Waals surface area contributed by atoms with Crippen molar-refractivity contribution < 1.29 is 4.39 Å². The Kier molecular flexibility index (Phi) is 2.19. The minimum atomic E-state index is -0.261. The predicted molar refractivity (Wildman–Crippen MR) is 62.2 cm³/mol. The van der Waals surface area contributed by atoms with E-state index in [1.807, 2.05) is 0 Å². The van der Waals surface area contributed by atoms with Crippen LogP contribution in [0.4, 0.5) is 4.39 Å². The quantitative estimate of drug-likeness (QED) is 0.754. The summed E-state index contributed by atoms with van der Waals surface area (Å²) in [6.07, 6.45) is 3.63. The van der Waals surface area contributed by atoms with Gasteiger partial charge in [-0.3, -0.25) is 9.30 Å². The Labute approximate surface area is 99.1 Å². The van der Waals surface area contributed by atoms with Crippen molar-refractivity contribution in [1.82, 2.24) is 19.5 Å². The molecule has 0 radical (unpaired) electrons. The van der Waals surface area contributed by atoms with Crippen LogP contribution in [-0.4, -0.2) is 33.1 Å². The highest BCUT2D eigenvalue weighted by Gasteiger charge is 2.39. The van der Waals surface area contributed by atoms with Gasteiger partial charge in [0, 0.05) is 6.20 Å². The standard InChI is InChI=1S/C12H15FN4/c1-12(6-3-7-16(12)2)11-15-14-10-5-4-9(13)8-17(10)11/h4-5,8H,3,6-7H2,1-2H3. The second kappa shape index (κ2) is 3.50. The van der Waals surface area contributed by atoms with Crippen molar-refractivity contribution in [3.8, 4) is 0 Å². The second-order valence-corrected chi connectivity index (χ2v) is 4.90. The Morgan fingerprint density at radius 2 is 2.18 bits per heavy atom. The summed E-state index contributed by atoms with van der Waals surface area (Å²) in [6.45, 7) is 3.18. The normalized spacial score (nSPS) is 25.8. The lowest BCUT2D eigenvalue weighted by atomic mass is 9.98. The van der Waals surface area contributed by atoms with Crippen LogP contribution >= 0.6 is 0 Å². The van der Waals surface area contributed by atoms with E-state index < -0.39 is 0 Å². The number of hydrogen-bond donors (Lipinski definition) is 0. The highest BCUT2D eigenvalue weighted by Crippen LogP contribution is 2.36. The van der Waals surface area contributed by atoms with Crippen molar-refractivity contribution in [2.45, 2.75) is 25.3 Å². The Morgan fingerprint density at radius 1 is 1.35 bits per heavy atom. The topological polar surface area (TPSA) is 33.4 Å². The molecule has 0 N–H and O–H groups in total. The number of likely N-dealkylation sites (tertiary alicyclic amines) is 1. The van der Waals surface area contributed by atoms with Crippen LogP contribution in [-0.2, 0) is 5.54 Å². The van der Waals surface area contributed by atoms with Gasteiger partial charge in [0.2, 0.25) is 0 Å². The molecule has 1 aliphatic rings. The summed E-state index contributed by atoms with van der Waals surface area (Å²) in [5.41, 5.74) is 0.552.